The van der Waals surface area contributed by atoms with Crippen LogP contribution in [0.25, 0.3) is 130 Å². The average Bonchev–Trinajstić information content (AvgIpc) is 4.39. The minimum Gasteiger partial charge on any atom is -0.456 e. The summed E-state index contributed by atoms with van der Waals surface area (Å²) < 4.78 is 11.5. The van der Waals surface area contributed by atoms with Crippen LogP contribution in [0.2, 0.25) is 0 Å². The number of hydrogen-bond acceptors (Lipinski definition) is 6. The number of hydrogen-bond donors (Lipinski definition) is 0. The predicted molar refractivity (Wildman–Crippen MR) is 317 cm³/mol. The smallest absolute Gasteiger partial charge is 0.164 e. The quantitative estimate of drug-likeness (QED) is 0.160. The third kappa shape index (κ3) is 6.38. The van der Waals surface area contributed by atoms with Gasteiger partial charge in [0, 0.05) is 67.8 Å². The molecule has 1 aliphatic rings. The van der Waals surface area contributed by atoms with Gasteiger partial charge < -0.3 is 4.42 Å². The molecule has 1 aliphatic carbocycles. The number of benzene rings is 11. The Morgan fingerprint density at radius 3 is 1.39 bits per heavy atom. The van der Waals surface area contributed by atoms with Crippen LogP contribution < -0.4 is 0 Å². The summed E-state index contributed by atoms with van der Waals surface area (Å²) in [4.78, 5) is 16.3. The summed E-state index contributed by atoms with van der Waals surface area (Å²) in [6, 6.07) is 89.9. The highest BCUT2D eigenvalue weighted by Crippen LogP contribution is 2.58. The van der Waals surface area contributed by atoms with E-state index in [0.717, 1.165) is 60.5 Å². The third-order valence-electron chi connectivity index (χ3n) is 15.7. The number of nitrogens with zero attached hydrogens (tertiary/aromatic N) is 3. The fourth-order valence-electron chi connectivity index (χ4n) is 12.4. The SMILES string of the molecule is c1ccc(C2(c3ccccc3)c3ccccc3-c3c(-c4ccc(-c5ccc6oc7cccc(-c8nc(-c9cccc%10sc%11ccccc%11c9%10)nc(-c9cccc%10sc%11ccccc%11c9%10)n8)c7c6c5)cc4)cccc32)cc1. The first-order valence-electron chi connectivity index (χ1n) is 25.7. The normalized spacial score (nSPS) is 12.8. The molecular weight excluding hydrogens is 963 g/mol. The van der Waals surface area contributed by atoms with E-state index in [-0.39, 0.29) is 0 Å². The van der Waals surface area contributed by atoms with Gasteiger partial charge in [0.05, 0.1) is 5.41 Å². The fraction of sp³-hybridized carbons (Fsp3) is 0.0143. The molecule has 4 aromatic heterocycles. The molecule has 4 heterocycles. The number of thiophene rings is 2. The molecule has 15 aromatic rings. The zero-order chi connectivity index (χ0) is 49.9. The molecule has 4 nitrogen and oxygen atoms in total. The Morgan fingerprint density at radius 2 is 0.763 bits per heavy atom. The summed E-state index contributed by atoms with van der Waals surface area (Å²) >= 11 is 3.60. The van der Waals surface area contributed by atoms with Crippen molar-refractivity contribution in [3.05, 3.63) is 271 Å². The van der Waals surface area contributed by atoms with E-state index in [1.807, 2.05) is 12.1 Å². The van der Waals surface area contributed by atoms with Gasteiger partial charge in [0.2, 0.25) is 0 Å². The van der Waals surface area contributed by atoms with Gasteiger partial charge in [-0.25, -0.2) is 15.0 Å². The Balaban J connectivity index is 0.848. The predicted octanol–water partition coefficient (Wildman–Crippen LogP) is 19.2. The zero-order valence-electron chi connectivity index (χ0n) is 40.7. The van der Waals surface area contributed by atoms with Gasteiger partial charge in [0.15, 0.2) is 17.5 Å². The van der Waals surface area contributed by atoms with E-state index in [1.54, 1.807) is 22.7 Å². The molecule has 0 bridgehead atoms. The van der Waals surface area contributed by atoms with Crippen LogP contribution in [0.1, 0.15) is 22.3 Å². The van der Waals surface area contributed by atoms with Crippen LogP contribution in [0.3, 0.4) is 0 Å². The average molecular weight is 1000 g/mol. The summed E-state index contributed by atoms with van der Waals surface area (Å²) in [7, 11) is 0. The van der Waals surface area contributed by atoms with Gasteiger partial charge in [-0.3, -0.25) is 0 Å². The van der Waals surface area contributed by atoms with Crippen molar-refractivity contribution in [2.24, 2.45) is 0 Å². The monoisotopic (exact) mass is 1000 g/mol. The second-order valence-electron chi connectivity index (χ2n) is 19.7. The van der Waals surface area contributed by atoms with Crippen LogP contribution in [-0.2, 0) is 5.41 Å². The molecule has 0 saturated heterocycles. The van der Waals surface area contributed by atoms with E-state index in [1.165, 1.54) is 74.1 Å². The lowest BCUT2D eigenvalue weighted by Crippen LogP contribution is -2.28. The molecule has 0 unspecified atom stereocenters. The Morgan fingerprint density at radius 1 is 0.303 bits per heavy atom. The second-order valence-corrected chi connectivity index (χ2v) is 21.9. The van der Waals surface area contributed by atoms with Gasteiger partial charge in [-0.05, 0) is 98.1 Å². The fourth-order valence-corrected chi connectivity index (χ4v) is 14.7. The van der Waals surface area contributed by atoms with Crippen molar-refractivity contribution >= 4 is 85.0 Å². The molecule has 0 spiro atoms. The Bertz CT molecular complexity index is 4650. The Kier molecular flexibility index (Phi) is 9.56. The van der Waals surface area contributed by atoms with Gasteiger partial charge in [-0.15, -0.1) is 22.7 Å². The summed E-state index contributed by atoms with van der Waals surface area (Å²) in [5.41, 5.74) is 16.2. The molecule has 16 rings (SSSR count). The molecule has 6 heteroatoms. The van der Waals surface area contributed by atoms with Crippen LogP contribution >= 0.6 is 22.7 Å². The number of furan rings is 1. The standard InChI is InChI=1S/C70H41N3OS2/c1-3-17-45(18-4-1)70(46-19-5-2-6-20-46)55-28-10-7-21-48(55)63-47(24-13-29-56(63)70)43-37-35-42(36-38-43)44-39-40-57-54(41-44)64-51(25-14-30-58(64)74-57)67-71-68(52-26-15-33-61-65(52)49-22-8-11-31-59(49)75-61)73-69(72-67)53-27-16-34-62-66(53)50-23-9-12-32-60(50)76-62/h1-41H. The summed E-state index contributed by atoms with van der Waals surface area (Å²) in [6.07, 6.45) is 0. The van der Waals surface area contributed by atoms with E-state index in [9.17, 15) is 0 Å². The van der Waals surface area contributed by atoms with E-state index in [2.05, 4.69) is 237 Å². The summed E-state index contributed by atoms with van der Waals surface area (Å²) in [5.74, 6) is 1.86. The molecule has 0 N–H and O–H groups in total. The molecule has 0 amide bonds. The van der Waals surface area contributed by atoms with E-state index in [4.69, 9.17) is 19.4 Å². The highest BCUT2D eigenvalue weighted by molar-refractivity contribution is 7.26. The molecule has 11 aromatic carbocycles. The molecule has 0 saturated carbocycles. The minimum atomic E-state index is -0.462. The van der Waals surface area contributed by atoms with Crippen molar-refractivity contribution in [1.82, 2.24) is 15.0 Å². The van der Waals surface area contributed by atoms with Crippen LogP contribution in [0.5, 0.6) is 0 Å². The van der Waals surface area contributed by atoms with E-state index < -0.39 is 5.41 Å². The van der Waals surface area contributed by atoms with E-state index >= 15 is 0 Å². The van der Waals surface area contributed by atoms with Crippen LogP contribution in [-0.4, -0.2) is 15.0 Å². The maximum atomic E-state index is 6.69. The first-order chi connectivity index (χ1) is 37.7. The van der Waals surface area contributed by atoms with E-state index in [0.29, 0.717) is 17.5 Å². The van der Waals surface area contributed by atoms with Crippen LogP contribution in [0.15, 0.2) is 253 Å². The maximum Gasteiger partial charge on any atom is 0.164 e. The molecule has 0 radical (unpaired) electrons. The number of rotatable bonds is 7. The van der Waals surface area contributed by atoms with Crippen molar-refractivity contribution in [3.8, 4) is 67.5 Å². The highest BCUT2D eigenvalue weighted by atomic mass is 32.1. The largest absolute Gasteiger partial charge is 0.456 e. The molecule has 0 atom stereocenters. The third-order valence-corrected chi connectivity index (χ3v) is 17.9. The van der Waals surface area contributed by atoms with Gasteiger partial charge >= 0.3 is 0 Å². The lowest BCUT2D eigenvalue weighted by Gasteiger charge is -2.34. The minimum absolute atomic E-state index is 0.462. The lowest BCUT2D eigenvalue weighted by atomic mass is 9.67. The molecule has 354 valence electrons. The number of fused-ring (bicyclic) bond motifs is 12. The first kappa shape index (κ1) is 43.1. The molecule has 0 fully saturated rings. The maximum absolute atomic E-state index is 6.69. The van der Waals surface area contributed by atoms with Gasteiger partial charge in [-0.1, -0.05) is 206 Å². The van der Waals surface area contributed by atoms with Crippen molar-refractivity contribution in [2.45, 2.75) is 5.41 Å². The topological polar surface area (TPSA) is 51.8 Å². The van der Waals surface area contributed by atoms with Crippen LogP contribution in [0, 0.1) is 0 Å². The Labute approximate surface area is 445 Å². The highest BCUT2D eigenvalue weighted by Gasteiger charge is 2.46. The molecular formula is C70H41N3OS2. The summed E-state index contributed by atoms with van der Waals surface area (Å²) in [5, 5.41) is 6.67. The summed E-state index contributed by atoms with van der Waals surface area (Å²) in [6.45, 7) is 0. The first-order valence-corrected chi connectivity index (χ1v) is 27.3. The van der Waals surface area contributed by atoms with Gasteiger partial charge in [0.1, 0.15) is 11.2 Å². The molecule has 0 aliphatic heterocycles. The number of aromatic nitrogens is 3. The van der Waals surface area contributed by atoms with Crippen molar-refractivity contribution in [2.75, 3.05) is 0 Å². The van der Waals surface area contributed by atoms with Crippen molar-refractivity contribution in [1.29, 1.82) is 0 Å². The second kappa shape index (κ2) is 16.8. The lowest BCUT2D eigenvalue weighted by molar-refractivity contribution is 0.669. The van der Waals surface area contributed by atoms with Gasteiger partial charge in [-0.2, -0.15) is 0 Å². The molecule has 76 heavy (non-hydrogen) atoms. The zero-order valence-corrected chi connectivity index (χ0v) is 42.4. The van der Waals surface area contributed by atoms with Crippen molar-refractivity contribution < 1.29 is 4.42 Å². The Hall–Kier alpha value is -9.33. The van der Waals surface area contributed by atoms with Crippen molar-refractivity contribution in [3.63, 3.8) is 0 Å². The van der Waals surface area contributed by atoms with Gasteiger partial charge in [0.25, 0.3) is 0 Å². The van der Waals surface area contributed by atoms with Crippen LogP contribution in [0.4, 0.5) is 0 Å².